The van der Waals surface area contributed by atoms with E-state index in [4.69, 9.17) is 23.2 Å². The van der Waals surface area contributed by atoms with E-state index in [0.717, 1.165) is 5.56 Å². The molecular formula is C14H9Cl2N3O. The summed E-state index contributed by atoms with van der Waals surface area (Å²) in [5.74, 6) is 0.252. The zero-order valence-electron chi connectivity index (χ0n) is 10.5. The molecule has 3 rings (SSSR count). The van der Waals surface area contributed by atoms with Crippen molar-refractivity contribution < 1.29 is 0 Å². The van der Waals surface area contributed by atoms with E-state index in [1.807, 2.05) is 19.1 Å². The van der Waals surface area contributed by atoms with E-state index in [0.29, 0.717) is 26.9 Å². The lowest BCUT2D eigenvalue weighted by atomic mass is 10.1. The SMILES string of the molecule is Cc1cccn2c(N=O)c(-c3ccc(Cl)c(Cl)c3)nc12. The lowest BCUT2D eigenvalue weighted by Gasteiger charge is -2.00. The number of rotatable bonds is 2. The van der Waals surface area contributed by atoms with Crippen LogP contribution in [0.15, 0.2) is 41.7 Å². The molecule has 0 amide bonds. The van der Waals surface area contributed by atoms with Crippen LogP contribution in [0.2, 0.25) is 10.0 Å². The van der Waals surface area contributed by atoms with Crippen molar-refractivity contribution in [1.82, 2.24) is 9.38 Å². The summed E-state index contributed by atoms with van der Waals surface area (Å²) < 4.78 is 1.67. The molecule has 0 aliphatic carbocycles. The zero-order valence-corrected chi connectivity index (χ0v) is 12.0. The molecule has 0 bridgehead atoms. The van der Waals surface area contributed by atoms with Gasteiger partial charge in [0, 0.05) is 11.8 Å². The molecule has 0 radical (unpaired) electrons. The van der Waals surface area contributed by atoms with E-state index in [9.17, 15) is 4.91 Å². The first kappa shape index (κ1) is 13.1. The highest BCUT2D eigenvalue weighted by Gasteiger charge is 2.16. The Labute approximate surface area is 124 Å². The molecule has 6 heteroatoms. The fourth-order valence-corrected chi connectivity index (χ4v) is 2.41. The molecule has 0 N–H and O–H groups in total. The Morgan fingerprint density at radius 3 is 2.70 bits per heavy atom. The van der Waals surface area contributed by atoms with Gasteiger partial charge in [-0.25, -0.2) is 4.98 Å². The van der Waals surface area contributed by atoms with E-state index < -0.39 is 0 Å². The number of aromatic nitrogens is 2. The van der Waals surface area contributed by atoms with Gasteiger partial charge in [0.05, 0.1) is 10.0 Å². The second-order valence-electron chi connectivity index (χ2n) is 4.39. The lowest BCUT2D eigenvalue weighted by Crippen LogP contribution is -1.85. The second kappa shape index (κ2) is 4.89. The topological polar surface area (TPSA) is 46.7 Å². The highest BCUT2D eigenvalue weighted by molar-refractivity contribution is 6.42. The maximum Gasteiger partial charge on any atom is 0.209 e. The summed E-state index contributed by atoms with van der Waals surface area (Å²) >= 11 is 11.9. The third kappa shape index (κ3) is 1.97. The third-order valence-electron chi connectivity index (χ3n) is 3.10. The summed E-state index contributed by atoms with van der Waals surface area (Å²) in [5, 5.41) is 3.97. The van der Waals surface area contributed by atoms with Crippen LogP contribution < -0.4 is 0 Å². The van der Waals surface area contributed by atoms with Crippen LogP contribution in [0, 0.1) is 11.8 Å². The Kier molecular flexibility index (Phi) is 3.20. The van der Waals surface area contributed by atoms with Gasteiger partial charge in [0.2, 0.25) is 5.82 Å². The van der Waals surface area contributed by atoms with Gasteiger partial charge in [-0.05, 0) is 35.9 Å². The molecule has 2 heterocycles. The zero-order chi connectivity index (χ0) is 14.3. The number of hydrogen-bond donors (Lipinski definition) is 0. The molecule has 0 saturated carbocycles. The smallest absolute Gasteiger partial charge is 0.209 e. The van der Waals surface area contributed by atoms with Gasteiger partial charge in [-0.15, -0.1) is 4.91 Å². The molecule has 0 spiro atoms. The summed E-state index contributed by atoms with van der Waals surface area (Å²) in [5.41, 5.74) is 2.86. The number of fused-ring (bicyclic) bond motifs is 1. The summed E-state index contributed by atoms with van der Waals surface area (Å²) in [4.78, 5) is 15.7. The monoisotopic (exact) mass is 305 g/mol. The summed E-state index contributed by atoms with van der Waals surface area (Å²) in [6, 6.07) is 8.88. The van der Waals surface area contributed by atoms with Crippen molar-refractivity contribution in [1.29, 1.82) is 0 Å². The van der Waals surface area contributed by atoms with E-state index in [2.05, 4.69) is 10.2 Å². The number of hydrogen-bond acceptors (Lipinski definition) is 3. The highest BCUT2D eigenvalue weighted by Crippen LogP contribution is 2.34. The van der Waals surface area contributed by atoms with Gasteiger partial charge < -0.3 is 0 Å². The van der Waals surface area contributed by atoms with Crippen LogP contribution in [0.4, 0.5) is 5.82 Å². The molecule has 0 aliphatic rings. The molecule has 0 aliphatic heterocycles. The Balaban J connectivity index is 2.33. The summed E-state index contributed by atoms with van der Waals surface area (Å²) in [7, 11) is 0. The Morgan fingerprint density at radius 1 is 1.20 bits per heavy atom. The quantitative estimate of drug-likeness (QED) is 0.624. The number of aryl methyl sites for hydroxylation is 1. The normalized spacial score (nSPS) is 10.9. The van der Waals surface area contributed by atoms with Crippen LogP contribution in [-0.2, 0) is 0 Å². The van der Waals surface area contributed by atoms with Gasteiger partial charge in [0.25, 0.3) is 0 Å². The molecule has 1 aromatic carbocycles. The predicted molar refractivity (Wildman–Crippen MR) is 80.8 cm³/mol. The van der Waals surface area contributed by atoms with Crippen molar-refractivity contribution in [2.24, 2.45) is 5.18 Å². The molecule has 0 unspecified atom stereocenters. The van der Waals surface area contributed by atoms with Gasteiger partial charge >= 0.3 is 0 Å². The van der Waals surface area contributed by atoms with Gasteiger partial charge in [0.1, 0.15) is 11.3 Å². The van der Waals surface area contributed by atoms with Crippen LogP contribution in [0.25, 0.3) is 16.9 Å². The Morgan fingerprint density at radius 2 is 2.00 bits per heavy atom. The van der Waals surface area contributed by atoms with E-state index in [1.54, 1.807) is 28.8 Å². The van der Waals surface area contributed by atoms with Crippen molar-refractivity contribution in [3.05, 3.63) is 57.0 Å². The van der Waals surface area contributed by atoms with Crippen molar-refractivity contribution in [2.75, 3.05) is 0 Å². The van der Waals surface area contributed by atoms with E-state index >= 15 is 0 Å². The fraction of sp³-hybridized carbons (Fsp3) is 0.0714. The molecular weight excluding hydrogens is 297 g/mol. The van der Waals surface area contributed by atoms with Crippen LogP contribution in [-0.4, -0.2) is 9.38 Å². The average Bonchev–Trinajstić information content (AvgIpc) is 2.82. The van der Waals surface area contributed by atoms with Gasteiger partial charge in [0.15, 0.2) is 0 Å². The number of imidazole rings is 1. The Bertz CT molecular complexity index is 827. The maximum absolute atomic E-state index is 11.2. The van der Waals surface area contributed by atoms with Crippen molar-refractivity contribution in [3.63, 3.8) is 0 Å². The minimum atomic E-state index is 0.252. The number of benzene rings is 1. The molecule has 20 heavy (non-hydrogen) atoms. The number of nitroso groups, excluding NO2 is 1. The third-order valence-corrected chi connectivity index (χ3v) is 3.84. The minimum absolute atomic E-state index is 0.252. The number of halogens is 2. The van der Waals surface area contributed by atoms with Crippen LogP contribution in [0.3, 0.4) is 0 Å². The first-order chi connectivity index (χ1) is 9.61. The van der Waals surface area contributed by atoms with E-state index in [-0.39, 0.29) is 5.82 Å². The Hall–Kier alpha value is -1.91. The molecule has 0 atom stereocenters. The van der Waals surface area contributed by atoms with Crippen LogP contribution in [0.1, 0.15) is 5.56 Å². The van der Waals surface area contributed by atoms with Crippen molar-refractivity contribution >= 4 is 34.7 Å². The standard InChI is InChI=1S/C14H9Cl2N3O/c1-8-3-2-6-19-13(8)17-12(14(19)18-20)9-4-5-10(15)11(16)7-9/h2-7H,1H3. The fourth-order valence-electron chi connectivity index (χ4n) is 2.12. The molecule has 3 aromatic rings. The molecule has 2 aromatic heterocycles. The van der Waals surface area contributed by atoms with Gasteiger partial charge in [-0.1, -0.05) is 35.3 Å². The first-order valence-corrected chi connectivity index (χ1v) is 6.64. The van der Waals surface area contributed by atoms with Gasteiger partial charge in [-0.2, -0.15) is 0 Å². The molecule has 0 fully saturated rings. The first-order valence-electron chi connectivity index (χ1n) is 5.88. The lowest BCUT2D eigenvalue weighted by molar-refractivity contribution is 1.14. The highest BCUT2D eigenvalue weighted by atomic mass is 35.5. The average molecular weight is 306 g/mol. The molecule has 4 nitrogen and oxygen atoms in total. The number of nitrogens with zero attached hydrogens (tertiary/aromatic N) is 3. The van der Waals surface area contributed by atoms with Gasteiger partial charge in [-0.3, -0.25) is 4.40 Å². The minimum Gasteiger partial charge on any atom is -0.281 e. The molecule has 0 saturated heterocycles. The predicted octanol–water partition coefficient (Wildman–Crippen LogP) is 5.01. The van der Waals surface area contributed by atoms with Crippen molar-refractivity contribution in [3.8, 4) is 11.3 Å². The van der Waals surface area contributed by atoms with Crippen LogP contribution in [0.5, 0.6) is 0 Å². The second-order valence-corrected chi connectivity index (χ2v) is 5.20. The molecule has 100 valence electrons. The van der Waals surface area contributed by atoms with E-state index in [1.165, 1.54) is 0 Å². The number of pyridine rings is 1. The van der Waals surface area contributed by atoms with Crippen molar-refractivity contribution in [2.45, 2.75) is 6.92 Å². The summed E-state index contributed by atoms with van der Waals surface area (Å²) in [6.07, 6.45) is 1.76. The maximum atomic E-state index is 11.2. The van der Waals surface area contributed by atoms with Crippen LogP contribution >= 0.6 is 23.2 Å². The summed E-state index contributed by atoms with van der Waals surface area (Å²) in [6.45, 7) is 1.93. The largest absolute Gasteiger partial charge is 0.281 e.